The molecule has 1 fully saturated rings. The van der Waals surface area contributed by atoms with E-state index in [4.69, 9.17) is 16.6 Å². The minimum Gasteiger partial charge on any atom is -0.374 e. The van der Waals surface area contributed by atoms with Gasteiger partial charge < -0.3 is 21.1 Å². The zero-order valence-electron chi connectivity index (χ0n) is 18.2. The van der Waals surface area contributed by atoms with E-state index in [0.29, 0.717) is 28.4 Å². The Balaban J connectivity index is 1.37. The summed E-state index contributed by atoms with van der Waals surface area (Å²) in [6.07, 6.45) is 1.23. The molecule has 170 valence electrons. The number of fused-ring (bicyclic) bond motifs is 3. The lowest BCUT2D eigenvalue weighted by Gasteiger charge is -2.35. The molecule has 0 spiro atoms. The third-order valence-corrected chi connectivity index (χ3v) is 6.17. The van der Waals surface area contributed by atoms with E-state index >= 15 is 0 Å². The summed E-state index contributed by atoms with van der Waals surface area (Å²) < 4.78 is 0. The zero-order valence-corrected chi connectivity index (χ0v) is 18.9. The Kier molecular flexibility index (Phi) is 5.99. The smallest absolute Gasteiger partial charge is 0.228 e. The first-order valence-electron chi connectivity index (χ1n) is 10.9. The lowest BCUT2D eigenvalue weighted by Crippen LogP contribution is -2.50. The van der Waals surface area contributed by atoms with Crippen LogP contribution in [0.2, 0.25) is 5.02 Å². The molecule has 1 saturated heterocycles. The summed E-state index contributed by atoms with van der Waals surface area (Å²) in [5.74, 6) is 0.294. The van der Waals surface area contributed by atoms with Crippen molar-refractivity contribution in [3.05, 3.63) is 64.8 Å². The van der Waals surface area contributed by atoms with Crippen LogP contribution in [0.4, 0.5) is 17.3 Å². The number of carbonyl (C=O) groups is 1. The minimum atomic E-state index is -0.638. The number of amides is 1. The van der Waals surface area contributed by atoms with Crippen molar-refractivity contribution in [2.24, 2.45) is 0 Å². The normalized spacial score (nSPS) is 19.1. The quantitative estimate of drug-likeness (QED) is 0.469. The Morgan fingerprint density at radius 1 is 1.24 bits per heavy atom. The molecule has 2 unspecified atom stereocenters. The molecule has 1 aromatic heterocycles. The predicted molar refractivity (Wildman–Crippen MR) is 129 cm³/mol. The van der Waals surface area contributed by atoms with E-state index in [1.54, 1.807) is 18.3 Å². The first-order chi connectivity index (χ1) is 16.0. The second-order valence-electron chi connectivity index (χ2n) is 8.45. The summed E-state index contributed by atoms with van der Waals surface area (Å²) >= 11 is 6.11. The van der Waals surface area contributed by atoms with E-state index in [9.17, 15) is 9.90 Å². The molecule has 0 bridgehead atoms. The van der Waals surface area contributed by atoms with Crippen molar-refractivity contribution >= 4 is 34.8 Å². The van der Waals surface area contributed by atoms with Crippen LogP contribution in [0.1, 0.15) is 24.3 Å². The van der Waals surface area contributed by atoms with Gasteiger partial charge in [0.15, 0.2) is 0 Å². The van der Waals surface area contributed by atoms with Crippen LogP contribution in [-0.4, -0.2) is 51.6 Å². The summed E-state index contributed by atoms with van der Waals surface area (Å²) in [5.41, 5.74) is 4.53. The fourth-order valence-electron chi connectivity index (χ4n) is 4.29. The maximum absolute atomic E-state index is 12.3. The number of anilines is 3. The molecule has 1 amide bonds. The highest BCUT2D eigenvalue weighted by Crippen LogP contribution is 2.35. The maximum atomic E-state index is 12.3. The average molecular weight is 465 g/mol. The average Bonchev–Trinajstić information content (AvgIpc) is 2.93. The van der Waals surface area contributed by atoms with Gasteiger partial charge in [-0.3, -0.25) is 9.69 Å². The summed E-state index contributed by atoms with van der Waals surface area (Å²) in [6.45, 7) is 4.59. The molecule has 0 radical (unpaired) electrons. The molecule has 3 heterocycles. The zero-order chi connectivity index (χ0) is 22.9. The Labute approximate surface area is 197 Å². The highest BCUT2D eigenvalue weighted by atomic mass is 35.5. The van der Waals surface area contributed by atoms with E-state index in [-0.39, 0.29) is 12.3 Å². The van der Waals surface area contributed by atoms with Gasteiger partial charge in [0.2, 0.25) is 11.9 Å². The van der Waals surface area contributed by atoms with Crippen LogP contribution in [0.15, 0.2) is 48.7 Å². The highest BCUT2D eigenvalue weighted by Gasteiger charge is 2.23. The van der Waals surface area contributed by atoms with Gasteiger partial charge in [-0.1, -0.05) is 23.7 Å². The van der Waals surface area contributed by atoms with E-state index in [0.717, 1.165) is 42.0 Å². The van der Waals surface area contributed by atoms with Gasteiger partial charge in [0.1, 0.15) is 6.23 Å². The number of aromatic nitrogens is 2. The van der Waals surface area contributed by atoms with E-state index < -0.39 is 6.23 Å². The Hall–Kier alpha value is -3.04. The number of halogens is 1. The summed E-state index contributed by atoms with van der Waals surface area (Å²) in [5, 5.41) is 20.8. The number of aliphatic hydroxyl groups excluding tert-OH is 1. The molecular formula is C24H25ClN6O2. The lowest BCUT2D eigenvalue weighted by molar-refractivity contribution is -0.115. The number of hydrogen-bond acceptors (Lipinski definition) is 7. The van der Waals surface area contributed by atoms with Gasteiger partial charge in [0.25, 0.3) is 0 Å². The second-order valence-corrected chi connectivity index (χ2v) is 8.89. The summed E-state index contributed by atoms with van der Waals surface area (Å²) in [7, 11) is 0. The van der Waals surface area contributed by atoms with Gasteiger partial charge in [-0.2, -0.15) is 0 Å². The second kappa shape index (κ2) is 9.07. The molecule has 5 rings (SSSR count). The van der Waals surface area contributed by atoms with Gasteiger partial charge >= 0.3 is 0 Å². The first-order valence-corrected chi connectivity index (χ1v) is 11.3. The number of nitrogens with zero attached hydrogens (tertiary/aromatic N) is 3. The fourth-order valence-corrected chi connectivity index (χ4v) is 4.46. The SMILES string of the molecule is CC1CN(C(O)c2ccc(Nc3ncc4c(n3)-c3ccc(Cl)cc3NC(=O)C4)cc2)CCN1. The van der Waals surface area contributed by atoms with Gasteiger partial charge in [-0.15, -0.1) is 0 Å². The molecular weight excluding hydrogens is 440 g/mol. The van der Waals surface area contributed by atoms with Gasteiger partial charge in [0.05, 0.1) is 17.8 Å². The number of piperazine rings is 1. The van der Waals surface area contributed by atoms with Crippen LogP contribution < -0.4 is 16.0 Å². The molecule has 33 heavy (non-hydrogen) atoms. The van der Waals surface area contributed by atoms with Crippen molar-refractivity contribution in [3.8, 4) is 11.3 Å². The van der Waals surface area contributed by atoms with Crippen LogP contribution in [0.5, 0.6) is 0 Å². The van der Waals surface area contributed by atoms with Crippen molar-refractivity contribution in [2.75, 3.05) is 30.3 Å². The van der Waals surface area contributed by atoms with Crippen LogP contribution in [0.3, 0.4) is 0 Å². The molecule has 2 aliphatic rings. The van der Waals surface area contributed by atoms with Crippen LogP contribution in [0.25, 0.3) is 11.3 Å². The summed E-state index contributed by atoms with van der Waals surface area (Å²) in [4.78, 5) is 23.4. The first kappa shape index (κ1) is 21.8. The van der Waals surface area contributed by atoms with E-state index in [1.807, 2.05) is 30.3 Å². The summed E-state index contributed by atoms with van der Waals surface area (Å²) in [6, 6.07) is 13.3. The van der Waals surface area contributed by atoms with Crippen LogP contribution in [0, 0.1) is 0 Å². The van der Waals surface area contributed by atoms with Gasteiger partial charge in [0, 0.05) is 53.7 Å². The standard InChI is InChI=1S/C24H25ClN6O2/c1-14-13-31(9-8-26-14)23(33)15-2-5-18(6-3-15)28-24-27-12-16-10-21(32)29-20-11-17(25)4-7-19(20)22(16)30-24/h2-7,11-12,14,23,26,33H,8-10,13H2,1H3,(H,29,32)(H,27,28,30). The monoisotopic (exact) mass is 464 g/mol. The molecule has 2 aromatic carbocycles. The van der Waals surface area contributed by atoms with E-state index in [1.165, 1.54) is 0 Å². The van der Waals surface area contributed by atoms with Gasteiger partial charge in [-0.25, -0.2) is 9.97 Å². The molecule has 4 N–H and O–H groups in total. The van der Waals surface area contributed by atoms with E-state index in [2.05, 4.69) is 32.8 Å². The molecule has 2 atom stereocenters. The minimum absolute atomic E-state index is 0.130. The number of rotatable bonds is 4. The number of nitrogens with one attached hydrogen (secondary N) is 3. The molecule has 9 heteroatoms. The van der Waals surface area contributed by atoms with Crippen molar-refractivity contribution in [1.29, 1.82) is 0 Å². The molecule has 2 aliphatic heterocycles. The predicted octanol–water partition coefficient (Wildman–Crippen LogP) is 3.32. The number of carbonyl (C=O) groups excluding carboxylic acids is 1. The third kappa shape index (κ3) is 4.69. The third-order valence-electron chi connectivity index (χ3n) is 5.94. The topological polar surface area (TPSA) is 102 Å². The molecule has 3 aromatic rings. The van der Waals surface area contributed by atoms with Crippen LogP contribution >= 0.6 is 11.6 Å². The van der Waals surface area contributed by atoms with Crippen molar-refractivity contribution in [2.45, 2.75) is 25.6 Å². The highest BCUT2D eigenvalue weighted by molar-refractivity contribution is 6.31. The largest absolute Gasteiger partial charge is 0.374 e. The van der Waals surface area contributed by atoms with Crippen molar-refractivity contribution in [3.63, 3.8) is 0 Å². The van der Waals surface area contributed by atoms with Crippen LogP contribution in [-0.2, 0) is 11.2 Å². The molecule has 0 saturated carbocycles. The molecule has 8 nitrogen and oxygen atoms in total. The Morgan fingerprint density at radius 2 is 2.06 bits per heavy atom. The fraction of sp³-hybridized carbons (Fsp3) is 0.292. The lowest BCUT2D eigenvalue weighted by atomic mass is 10.1. The number of aliphatic hydroxyl groups is 1. The number of hydrogen-bond donors (Lipinski definition) is 4. The number of benzene rings is 2. The van der Waals surface area contributed by atoms with Crippen molar-refractivity contribution < 1.29 is 9.90 Å². The Bertz CT molecular complexity index is 1190. The maximum Gasteiger partial charge on any atom is 0.228 e. The van der Waals surface area contributed by atoms with Crippen molar-refractivity contribution in [1.82, 2.24) is 20.2 Å². The Morgan fingerprint density at radius 3 is 2.85 bits per heavy atom. The molecule has 0 aliphatic carbocycles. The van der Waals surface area contributed by atoms with Gasteiger partial charge in [-0.05, 0) is 42.8 Å².